The van der Waals surface area contributed by atoms with Gasteiger partial charge in [0.05, 0.1) is 0 Å². The van der Waals surface area contributed by atoms with Crippen molar-refractivity contribution in [3.8, 4) is 16.9 Å². The number of benzene rings is 3. The molecule has 0 N–H and O–H groups in total. The van der Waals surface area contributed by atoms with Crippen LogP contribution in [0.1, 0.15) is 25.0 Å². The van der Waals surface area contributed by atoms with E-state index < -0.39 is 0 Å². The monoisotopic (exact) mass is 288 g/mol. The Bertz CT molecular complexity index is 880. The Kier molecular flexibility index (Phi) is 2.97. The Morgan fingerprint density at radius 3 is 2.64 bits per heavy atom. The Balaban J connectivity index is 2.04. The first-order valence-corrected chi connectivity index (χ1v) is 7.51. The minimum atomic E-state index is -0.202. The highest BCUT2D eigenvalue weighted by atomic mass is 16.5. The fraction of sp³-hybridized carbons (Fsp3) is 0.150. The maximum Gasteiger partial charge on any atom is 0.133 e. The molecule has 3 aromatic carbocycles. The van der Waals surface area contributed by atoms with Gasteiger partial charge in [-0.25, -0.2) is 0 Å². The molecule has 1 aliphatic heterocycles. The lowest BCUT2D eigenvalue weighted by Gasteiger charge is -2.29. The number of hydrogen-bond donors (Lipinski definition) is 0. The predicted octanol–water partition coefficient (Wildman–Crippen LogP) is 4.92. The van der Waals surface area contributed by atoms with E-state index in [0.717, 1.165) is 16.9 Å². The third-order valence-electron chi connectivity index (χ3n) is 4.21. The highest BCUT2D eigenvalue weighted by Gasteiger charge is 2.27. The fourth-order valence-corrected chi connectivity index (χ4v) is 3.26. The number of ether oxygens (including phenoxy) is 1. The zero-order valence-electron chi connectivity index (χ0n) is 12.4. The maximum atomic E-state index is 11.6. The van der Waals surface area contributed by atoms with Crippen LogP contribution in [0.25, 0.3) is 21.9 Å². The molecule has 0 saturated carbocycles. The van der Waals surface area contributed by atoms with Gasteiger partial charge >= 0.3 is 0 Å². The van der Waals surface area contributed by atoms with Crippen molar-refractivity contribution in [2.75, 3.05) is 0 Å². The summed E-state index contributed by atoms with van der Waals surface area (Å²) in [4.78, 5) is 11.6. The average molecular weight is 288 g/mol. The van der Waals surface area contributed by atoms with Gasteiger partial charge in [0.15, 0.2) is 0 Å². The minimum Gasteiger partial charge on any atom is -0.485 e. The molecule has 0 bridgehead atoms. The van der Waals surface area contributed by atoms with Gasteiger partial charge < -0.3 is 4.74 Å². The van der Waals surface area contributed by atoms with E-state index in [1.807, 2.05) is 24.3 Å². The van der Waals surface area contributed by atoms with E-state index in [1.54, 1.807) is 6.92 Å². The van der Waals surface area contributed by atoms with Crippen LogP contribution in [0.2, 0.25) is 0 Å². The number of rotatable bonds is 2. The fourth-order valence-electron chi connectivity index (χ4n) is 3.26. The van der Waals surface area contributed by atoms with Crippen LogP contribution in [0.15, 0.2) is 60.7 Å². The van der Waals surface area contributed by atoms with E-state index in [4.69, 9.17) is 4.74 Å². The van der Waals surface area contributed by atoms with Crippen LogP contribution < -0.4 is 4.74 Å². The number of carbonyl (C=O) groups excluding carboxylic acids is 1. The van der Waals surface area contributed by atoms with Crippen LogP contribution in [0.3, 0.4) is 0 Å². The summed E-state index contributed by atoms with van der Waals surface area (Å²) in [5.41, 5.74) is 3.41. The number of ketones is 1. The topological polar surface area (TPSA) is 26.3 Å². The molecule has 1 heterocycles. The highest BCUT2D eigenvalue weighted by Crippen LogP contribution is 2.46. The SMILES string of the molecule is CC(=O)CC1Oc2ccccc2-c2c1ccc1ccccc21. The van der Waals surface area contributed by atoms with E-state index in [1.165, 1.54) is 16.3 Å². The van der Waals surface area contributed by atoms with Crippen molar-refractivity contribution in [1.82, 2.24) is 0 Å². The van der Waals surface area contributed by atoms with Crippen LogP contribution in [-0.2, 0) is 4.79 Å². The Morgan fingerprint density at radius 1 is 1.00 bits per heavy atom. The molecule has 0 saturated heterocycles. The summed E-state index contributed by atoms with van der Waals surface area (Å²) in [6, 6.07) is 20.6. The number of carbonyl (C=O) groups is 1. The quantitative estimate of drug-likeness (QED) is 0.669. The second-order valence-electron chi connectivity index (χ2n) is 5.76. The molecular weight excluding hydrogens is 272 g/mol. The van der Waals surface area contributed by atoms with Crippen molar-refractivity contribution in [3.63, 3.8) is 0 Å². The molecule has 0 radical (unpaired) electrons. The first-order valence-electron chi connectivity index (χ1n) is 7.51. The van der Waals surface area contributed by atoms with E-state index >= 15 is 0 Å². The zero-order chi connectivity index (χ0) is 15.1. The zero-order valence-corrected chi connectivity index (χ0v) is 12.4. The van der Waals surface area contributed by atoms with Crippen molar-refractivity contribution in [1.29, 1.82) is 0 Å². The summed E-state index contributed by atoms with van der Waals surface area (Å²) < 4.78 is 6.10. The van der Waals surface area contributed by atoms with Crippen molar-refractivity contribution in [2.24, 2.45) is 0 Å². The summed E-state index contributed by atoms with van der Waals surface area (Å²) >= 11 is 0. The Hall–Kier alpha value is -2.61. The second kappa shape index (κ2) is 4.99. The number of Topliss-reactive ketones (excluding diaryl/α,β-unsaturated/α-hetero) is 1. The van der Waals surface area contributed by atoms with E-state index in [-0.39, 0.29) is 11.9 Å². The molecule has 0 aliphatic carbocycles. The van der Waals surface area contributed by atoms with E-state index in [2.05, 4.69) is 36.4 Å². The normalized spacial score (nSPS) is 15.8. The lowest BCUT2D eigenvalue weighted by molar-refractivity contribution is -0.118. The molecule has 0 aromatic heterocycles. The number of hydrogen-bond acceptors (Lipinski definition) is 2. The molecule has 108 valence electrons. The van der Waals surface area contributed by atoms with Crippen LogP contribution in [0.5, 0.6) is 5.75 Å². The molecule has 4 rings (SSSR count). The van der Waals surface area contributed by atoms with Gasteiger partial charge in [-0.1, -0.05) is 54.6 Å². The van der Waals surface area contributed by atoms with Gasteiger partial charge in [-0.15, -0.1) is 0 Å². The van der Waals surface area contributed by atoms with E-state index in [9.17, 15) is 4.79 Å². The summed E-state index contributed by atoms with van der Waals surface area (Å²) in [6.07, 6.45) is 0.201. The third kappa shape index (κ3) is 2.00. The van der Waals surface area contributed by atoms with Gasteiger partial charge in [0.25, 0.3) is 0 Å². The molecule has 1 atom stereocenters. The van der Waals surface area contributed by atoms with Crippen molar-refractivity contribution < 1.29 is 9.53 Å². The summed E-state index contributed by atoms with van der Waals surface area (Å²) in [7, 11) is 0. The van der Waals surface area contributed by atoms with E-state index in [0.29, 0.717) is 6.42 Å². The minimum absolute atomic E-state index is 0.142. The average Bonchev–Trinajstić information content (AvgIpc) is 2.54. The van der Waals surface area contributed by atoms with Crippen molar-refractivity contribution in [2.45, 2.75) is 19.4 Å². The van der Waals surface area contributed by atoms with Crippen molar-refractivity contribution in [3.05, 3.63) is 66.2 Å². The maximum absolute atomic E-state index is 11.6. The predicted molar refractivity (Wildman–Crippen MR) is 88.1 cm³/mol. The lowest BCUT2D eigenvalue weighted by Crippen LogP contribution is -2.16. The van der Waals surface area contributed by atoms with Gasteiger partial charge in [-0.05, 0) is 23.8 Å². The molecule has 3 aromatic rings. The Morgan fingerprint density at radius 2 is 1.77 bits per heavy atom. The second-order valence-corrected chi connectivity index (χ2v) is 5.76. The molecule has 1 unspecified atom stereocenters. The molecule has 0 spiro atoms. The first-order chi connectivity index (χ1) is 10.7. The van der Waals surface area contributed by atoms with Crippen LogP contribution in [0, 0.1) is 0 Å². The van der Waals surface area contributed by atoms with Crippen LogP contribution >= 0.6 is 0 Å². The van der Waals surface area contributed by atoms with Gasteiger partial charge in [0.2, 0.25) is 0 Å². The summed E-state index contributed by atoms with van der Waals surface area (Å²) in [5.74, 6) is 1.00. The van der Waals surface area contributed by atoms with Gasteiger partial charge in [-0.3, -0.25) is 4.79 Å². The third-order valence-corrected chi connectivity index (χ3v) is 4.21. The molecule has 22 heavy (non-hydrogen) atoms. The summed E-state index contributed by atoms with van der Waals surface area (Å²) in [5, 5.41) is 2.42. The van der Waals surface area contributed by atoms with Gasteiger partial charge in [0.1, 0.15) is 17.6 Å². The smallest absolute Gasteiger partial charge is 0.133 e. The van der Waals surface area contributed by atoms with Gasteiger partial charge in [0, 0.05) is 23.1 Å². The molecular formula is C20H16O2. The van der Waals surface area contributed by atoms with Crippen LogP contribution in [-0.4, -0.2) is 5.78 Å². The molecule has 2 heteroatoms. The highest BCUT2D eigenvalue weighted by molar-refractivity contribution is 6.00. The molecule has 0 amide bonds. The first kappa shape index (κ1) is 13.1. The molecule has 1 aliphatic rings. The number of para-hydroxylation sites is 1. The van der Waals surface area contributed by atoms with Gasteiger partial charge in [-0.2, -0.15) is 0 Å². The lowest BCUT2D eigenvalue weighted by atomic mass is 9.87. The largest absolute Gasteiger partial charge is 0.485 e. The number of fused-ring (bicyclic) bond motifs is 5. The molecule has 2 nitrogen and oxygen atoms in total. The van der Waals surface area contributed by atoms with Crippen molar-refractivity contribution >= 4 is 16.6 Å². The molecule has 0 fully saturated rings. The Labute approximate surface area is 129 Å². The summed E-state index contributed by atoms with van der Waals surface area (Å²) in [6.45, 7) is 1.62. The van der Waals surface area contributed by atoms with Crippen LogP contribution in [0.4, 0.5) is 0 Å². The standard InChI is InChI=1S/C20H16O2/c1-13(21)12-19-17-11-10-14-6-2-3-7-15(14)20(17)16-8-4-5-9-18(16)22-19/h2-11,19H,12H2,1H3.